The van der Waals surface area contributed by atoms with Crippen molar-refractivity contribution in [3.05, 3.63) is 0 Å². The average Bonchev–Trinajstić information content (AvgIpc) is 2.94. The number of hydrogen-bond donors (Lipinski definition) is 0. The average molecular weight is 667 g/mol. The van der Waals surface area contributed by atoms with E-state index in [2.05, 4.69) is 0 Å². The topological polar surface area (TPSA) is 0 Å². The summed E-state index contributed by atoms with van der Waals surface area (Å²) in [5.74, 6) is -8.40. The second-order valence-corrected chi connectivity index (χ2v) is 6.12. The van der Waals surface area contributed by atoms with Crippen LogP contribution in [-0.2, 0) is 0 Å². The first kappa shape index (κ1) is 34.0. The molecule has 0 rings (SSSR count). The molecule has 0 bridgehead atoms. The summed E-state index contributed by atoms with van der Waals surface area (Å²) in [6.07, 6.45) is -27.2. The van der Waals surface area contributed by atoms with E-state index in [0.717, 1.165) is 27.7 Å². The van der Waals surface area contributed by atoms with Gasteiger partial charge in [-0.05, 0) is 19.1 Å². The summed E-state index contributed by atoms with van der Waals surface area (Å²) in [6, 6.07) is 0. The third-order valence-corrected chi connectivity index (χ3v) is 3.23. The van der Waals surface area contributed by atoms with Crippen molar-refractivity contribution in [2.75, 3.05) is 0 Å². The first-order valence-corrected chi connectivity index (χ1v) is 13.3. The molecule has 270 valence electrons. The maximum absolute atomic E-state index is 12.5. The minimum absolute atomic E-state index is 0.375. The molecule has 0 saturated heterocycles. The Morgan fingerprint density at radius 1 is 0.524 bits per heavy atom. The van der Waals surface area contributed by atoms with E-state index in [0.29, 0.717) is 27.7 Å². The van der Waals surface area contributed by atoms with Crippen molar-refractivity contribution in [2.24, 2.45) is 23.1 Å². The highest BCUT2D eigenvalue weighted by Crippen LogP contribution is 2.39. The van der Waals surface area contributed by atoms with Crippen molar-refractivity contribution < 1.29 is 69.1 Å². The predicted molar refractivity (Wildman–Crippen MR) is 159 cm³/mol. The van der Waals surface area contributed by atoms with Crippen LogP contribution in [0, 0.1) is 23.1 Å². The lowest BCUT2D eigenvalue weighted by molar-refractivity contribution is -0.212. The van der Waals surface area contributed by atoms with Crippen LogP contribution in [0.1, 0.15) is 167 Å². The van der Waals surface area contributed by atoms with Crippen molar-refractivity contribution in [3.8, 4) is 0 Å². The van der Waals surface area contributed by atoms with Gasteiger partial charge in [0.05, 0.1) is 17.2 Å². The quantitative estimate of drug-likeness (QED) is 0.263. The Labute approximate surface area is 268 Å². The zero-order chi connectivity index (χ0) is 48.0. The van der Waals surface area contributed by atoms with E-state index in [1.165, 1.54) is 0 Å². The van der Waals surface area contributed by atoms with Crippen molar-refractivity contribution in [1.82, 2.24) is 0 Å². The summed E-state index contributed by atoms with van der Waals surface area (Å²) in [7, 11) is 0. The Morgan fingerprint density at radius 2 is 0.714 bits per heavy atom. The molecule has 0 aromatic heterocycles. The highest BCUT2D eigenvalue weighted by molar-refractivity contribution is 4.74. The SMILES string of the molecule is CC.CC.CC.CC.CC.[2H]C(C)(C)C(F)(F)F.[2H]C([2H])(C)C([2H])(C)C(F)(F)F.[2H]C([2H])(C)C([2H])(C)C(F)(F)F.[2H]C([2H])([2H])C(C)(C([2H])([2H])C)C(F)(F)F. The molecule has 0 aromatic rings. The third kappa shape index (κ3) is 51.9. The molecule has 0 nitrogen and oxygen atoms in total. The first-order valence-electron chi connectivity index (χ1n) is 19.3. The molecular weight excluding hydrogens is 588 g/mol. The van der Waals surface area contributed by atoms with E-state index >= 15 is 0 Å². The van der Waals surface area contributed by atoms with Crippen LogP contribution in [0.2, 0.25) is 0 Å². The van der Waals surface area contributed by atoms with Gasteiger partial charge in [-0.2, -0.15) is 52.7 Å². The molecule has 0 N–H and O–H groups in total. The fourth-order valence-corrected chi connectivity index (χ4v) is 0.425. The van der Waals surface area contributed by atoms with Crippen LogP contribution in [0.25, 0.3) is 0 Å². The van der Waals surface area contributed by atoms with Crippen LogP contribution in [0.3, 0.4) is 0 Å². The number of rotatable bonds is 3. The summed E-state index contributed by atoms with van der Waals surface area (Å²) in [5.41, 5.74) is -3.35. The van der Waals surface area contributed by atoms with Crippen LogP contribution in [0.4, 0.5) is 52.7 Å². The van der Waals surface area contributed by atoms with Gasteiger partial charge in [0, 0.05) is 22.3 Å². The second-order valence-electron chi connectivity index (χ2n) is 6.12. The number of hydrogen-bond acceptors (Lipinski definition) is 0. The van der Waals surface area contributed by atoms with Gasteiger partial charge in [0.1, 0.15) is 0 Å². The Balaban J connectivity index is -0.0000000668. The summed E-state index contributed by atoms with van der Waals surface area (Å²) in [4.78, 5) is 0. The van der Waals surface area contributed by atoms with Crippen molar-refractivity contribution in [2.45, 2.75) is 175 Å². The van der Waals surface area contributed by atoms with Crippen LogP contribution >= 0.6 is 0 Å². The van der Waals surface area contributed by atoms with E-state index in [1.54, 1.807) is 0 Å². The van der Waals surface area contributed by atoms with E-state index in [-0.39, 0.29) is 0 Å². The molecule has 0 aliphatic carbocycles. The van der Waals surface area contributed by atoms with E-state index in [4.69, 9.17) is 16.4 Å². The van der Waals surface area contributed by atoms with Gasteiger partial charge in [-0.15, -0.1) is 0 Å². The normalized spacial score (nSPS) is 20.4. The molecule has 0 spiro atoms. The molecule has 0 aliphatic rings. The molecular formula is C30H66F12. The minimum atomic E-state index is -5.11. The van der Waals surface area contributed by atoms with Gasteiger partial charge in [-0.25, -0.2) is 0 Å². The molecule has 0 aromatic carbocycles. The van der Waals surface area contributed by atoms with Crippen LogP contribution < -0.4 is 0 Å². The smallest absolute Gasteiger partial charge is 0.171 e. The van der Waals surface area contributed by atoms with Gasteiger partial charge in [-0.1, -0.05) is 131 Å². The molecule has 0 fully saturated rings. The lowest BCUT2D eigenvalue weighted by Gasteiger charge is -2.25. The predicted octanol–water partition coefficient (Wildman–Crippen LogP) is 15.5. The van der Waals surface area contributed by atoms with Gasteiger partial charge >= 0.3 is 24.7 Å². The molecule has 0 saturated carbocycles. The molecule has 0 amide bonds. The standard InChI is InChI=1S/C6H11F3.2C5H9F3.C4H7F3.5C2H6/c1-4-5(2,3)6(7,8)9;2*1-3-4(2)5(6,7)8;1-3(2)4(5,6)7;5*1-2/h4H2,1-3H3;2*4H,3H2,1-2H3;3H,1-2H3;5*1-2H3/i2D3,4D2;2*3D2,4D;3D;;;;;. The molecule has 0 heterocycles. The Hall–Kier alpha value is -0.840. The highest BCUT2D eigenvalue weighted by Gasteiger charge is 2.45. The van der Waals surface area contributed by atoms with Crippen molar-refractivity contribution in [3.63, 3.8) is 0 Å². The molecule has 0 radical (unpaired) electrons. The fourth-order valence-electron chi connectivity index (χ4n) is 0.425. The Bertz CT molecular complexity index is 754. The Kier molecular flexibility index (Phi) is 29.5. The van der Waals surface area contributed by atoms with Gasteiger partial charge in [0.25, 0.3) is 0 Å². The van der Waals surface area contributed by atoms with Gasteiger partial charge in [0.2, 0.25) is 0 Å². The van der Waals surface area contributed by atoms with Crippen LogP contribution in [-0.4, -0.2) is 24.7 Å². The summed E-state index contributed by atoms with van der Waals surface area (Å²) < 4.78 is 224. The zero-order valence-corrected chi connectivity index (χ0v) is 28.5. The van der Waals surface area contributed by atoms with E-state index < -0.39 is 73.8 Å². The number of alkyl halides is 12. The third-order valence-electron chi connectivity index (χ3n) is 3.23. The maximum Gasteiger partial charge on any atom is 0.393 e. The molecule has 0 aliphatic heterocycles. The Morgan fingerprint density at radius 3 is 0.714 bits per heavy atom. The maximum atomic E-state index is 12.5. The second kappa shape index (κ2) is 36.4. The van der Waals surface area contributed by atoms with Crippen LogP contribution in [0.15, 0.2) is 0 Å². The summed E-state index contributed by atoms with van der Waals surface area (Å²) >= 11 is 0. The molecule has 3 unspecified atom stereocenters. The summed E-state index contributed by atoms with van der Waals surface area (Å²) in [5, 5.41) is 0. The van der Waals surface area contributed by atoms with Gasteiger partial charge in [0.15, 0.2) is 0 Å². The lowest BCUT2D eigenvalue weighted by atomic mass is 9.90. The molecule has 42 heavy (non-hydrogen) atoms. The highest BCUT2D eigenvalue weighted by atomic mass is 19.4. The van der Waals surface area contributed by atoms with Gasteiger partial charge in [-0.3, -0.25) is 0 Å². The van der Waals surface area contributed by atoms with Crippen LogP contribution in [0.5, 0.6) is 0 Å². The lowest BCUT2D eigenvalue weighted by Crippen LogP contribution is -2.30. The summed E-state index contributed by atoms with van der Waals surface area (Å²) in [6.45, 7) is 21.7. The molecule has 3 atom stereocenters. The van der Waals surface area contributed by atoms with E-state index in [9.17, 15) is 52.7 Å². The van der Waals surface area contributed by atoms with Crippen molar-refractivity contribution >= 4 is 0 Å². The minimum Gasteiger partial charge on any atom is -0.171 e. The monoisotopic (exact) mass is 667 g/mol. The molecule has 12 heteroatoms. The number of halogens is 12. The fraction of sp³-hybridized carbons (Fsp3) is 1.00. The van der Waals surface area contributed by atoms with Crippen molar-refractivity contribution in [1.29, 1.82) is 0 Å². The van der Waals surface area contributed by atoms with E-state index in [1.807, 2.05) is 69.2 Å². The zero-order valence-electron chi connectivity index (χ0n) is 40.5. The first-order chi connectivity index (χ1) is 23.0. The van der Waals surface area contributed by atoms with Gasteiger partial charge < -0.3 is 0 Å². The largest absolute Gasteiger partial charge is 0.393 e.